The highest BCUT2D eigenvalue weighted by molar-refractivity contribution is 7.99. The largest absolute Gasteiger partial charge is 0.354 e. The highest BCUT2D eigenvalue weighted by atomic mass is 35.5. The molecule has 0 unspecified atom stereocenters. The fourth-order valence-electron chi connectivity index (χ4n) is 2.75. The topological polar surface area (TPSA) is 49.4 Å². The van der Waals surface area contributed by atoms with E-state index in [1.54, 1.807) is 35.7 Å². The fourth-order valence-corrected chi connectivity index (χ4v) is 3.85. The molecule has 0 aliphatic carbocycles. The Morgan fingerprint density at radius 3 is 2.10 bits per heavy atom. The quantitative estimate of drug-likeness (QED) is 0.459. The molecule has 0 saturated heterocycles. The summed E-state index contributed by atoms with van der Waals surface area (Å²) < 4.78 is 0. The second-order valence-electron chi connectivity index (χ2n) is 7.52. The first kappa shape index (κ1) is 24.6. The summed E-state index contributed by atoms with van der Waals surface area (Å²) in [6.07, 6.45) is 0.336. The van der Waals surface area contributed by atoms with Gasteiger partial charge in [-0.1, -0.05) is 49.2 Å². The highest BCUT2D eigenvalue weighted by Gasteiger charge is 2.25. The lowest BCUT2D eigenvalue weighted by molar-refractivity contribution is -0.140. The zero-order valence-electron chi connectivity index (χ0n) is 17.5. The van der Waals surface area contributed by atoms with Gasteiger partial charge in [-0.05, 0) is 54.8 Å². The maximum absolute atomic E-state index is 13.0. The smallest absolute Gasteiger partial charge is 0.242 e. The van der Waals surface area contributed by atoms with Gasteiger partial charge in [0, 0.05) is 40.2 Å². The first-order valence-electron chi connectivity index (χ1n) is 9.96. The van der Waals surface area contributed by atoms with E-state index in [1.807, 2.05) is 50.2 Å². The van der Waals surface area contributed by atoms with Crippen LogP contribution < -0.4 is 5.32 Å². The highest BCUT2D eigenvalue weighted by Crippen LogP contribution is 2.22. The van der Waals surface area contributed by atoms with Crippen molar-refractivity contribution in [3.63, 3.8) is 0 Å². The molecule has 1 N–H and O–H groups in total. The minimum atomic E-state index is -0.563. The zero-order valence-corrected chi connectivity index (χ0v) is 19.9. The Bertz CT molecular complexity index is 826. The van der Waals surface area contributed by atoms with Gasteiger partial charge in [0.15, 0.2) is 0 Å². The molecule has 0 saturated carbocycles. The Hall–Kier alpha value is -1.69. The van der Waals surface area contributed by atoms with E-state index in [0.29, 0.717) is 41.2 Å². The molecule has 0 spiro atoms. The molecule has 0 aliphatic rings. The number of carbonyl (C=O) groups is 2. The summed E-state index contributed by atoms with van der Waals surface area (Å²) in [5.74, 6) is 0.769. The van der Waals surface area contributed by atoms with Crippen molar-refractivity contribution in [2.75, 3.05) is 12.3 Å². The van der Waals surface area contributed by atoms with E-state index in [1.165, 1.54) is 0 Å². The van der Waals surface area contributed by atoms with Crippen LogP contribution in [0.25, 0.3) is 0 Å². The summed E-state index contributed by atoms with van der Waals surface area (Å²) >= 11 is 13.5. The number of nitrogens with one attached hydrogen (secondary N) is 1. The van der Waals surface area contributed by atoms with Gasteiger partial charge in [0.25, 0.3) is 0 Å². The first-order chi connectivity index (χ1) is 14.3. The Kier molecular flexibility index (Phi) is 10.0. The van der Waals surface area contributed by atoms with E-state index >= 15 is 0 Å². The number of benzene rings is 2. The van der Waals surface area contributed by atoms with Crippen molar-refractivity contribution in [2.24, 2.45) is 5.92 Å². The molecule has 1 atom stereocenters. The molecule has 30 heavy (non-hydrogen) atoms. The first-order valence-corrected chi connectivity index (χ1v) is 11.7. The number of hydrogen-bond donors (Lipinski definition) is 1. The van der Waals surface area contributed by atoms with Gasteiger partial charge in [0.2, 0.25) is 11.8 Å². The molecule has 2 amide bonds. The molecule has 0 aliphatic heterocycles. The van der Waals surface area contributed by atoms with Crippen LogP contribution in [0.4, 0.5) is 0 Å². The average molecular weight is 467 g/mol. The fraction of sp³-hybridized carbons (Fsp3) is 0.391. The van der Waals surface area contributed by atoms with Gasteiger partial charge in [-0.2, -0.15) is 0 Å². The molecule has 4 nitrogen and oxygen atoms in total. The van der Waals surface area contributed by atoms with E-state index in [-0.39, 0.29) is 11.8 Å². The zero-order chi connectivity index (χ0) is 22.1. The molecule has 0 fully saturated rings. The van der Waals surface area contributed by atoms with Crippen molar-refractivity contribution in [3.8, 4) is 0 Å². The number of nitrogens with zero attached hydrogens (tertiary/aromatic N) is 1. The van der Waals surface area contributed by atoms with Gasteiger partial charge in [-0.15, -0.1) is 11.8 Å². The Labute approximate surface area is 193 Å². The summed E-state index contributed by atoms with van der Waals surface area (Å²) in [4.78, 5) is 28.3. The van der Waals surface area contributed by atoms with Crippen LogP contribution in [0.5, 0.6) is 0 Å². The third-order valence-electron chi connectivity index (χ3n) is 4.52. The molecule has 2 aromatic carbocycles. The molecule has 0 bridgehead atoms. The van der Waals surface area contributed by atoms with Crippen molar-refractivity contribution in [1.29, 1.82) is 0 Å². The van der Waals surface area contributed by atoms with Crippen molar-refractivity contribution >= 4 is 46.8 Å². The monoisotopic (exact) mass is 466 g/mol. The van der Waals surface area contributed by atoms with Crippen molar-refractivity contribution in [2.45, 2.75) is 44.7 Å². The lowest BCUT2D eigenvalue weighted by Crippen LogP contribution is -2.48. The van der Waals surface area contributed by atoms with Crippen LogP contribution in [0.1, 0.15) is 32.8 Å². The van der Waals surface area contributed by atoms with E-state index in [9.17, 15) is 9.59 Å². The second kappa shape index (κ2) is 12.2. The van der Waals surface area contributed by atoms with Crippen LogP contribution in [0.2, 0.25) is 10.0 Å². The maximum Gasteiger partial charge on any atom is 0.242 e. The van der Waals surface area contributed by atoms with Gasteiger partial charge < -0.3 is 10.2 Å². The van der Waals surface area contributed by atoms with Crippen molar-refractivity contribution in [1.82, 2.24) is 10.2 Å². The van der Waals surface area contributed by atoms with Gasteiger partial charge in [-0.3, -0.25) is 9.59 Å². The molecule has 0 heterocycles. The number of amides is 2. The maximum atomic E-state index is 13.0. The SMILES string of the molecule is CC(C)CNC(=O)[C@@H](C)N(Cc1ccc(Cl)cc1)C(=O)CCSc1ccc(Cl)cc1. The summed E-state index contributed by atoms with van der Waals surface area (Å²) in [6.45, 7) is 6.79. The summed E-state index contributed by atoms with van der Waals surface area (Å²) in [6, 6.07) is 14.3. The van der Waals surface area contributed by atoms with Gasteiger partial charge >= 0.3 is 0 Å². The standard InChI is InChI=1S/C23H28Cl2N2O2S/c1-16(2)14-26-23(29)17(3)27(15-18-4-6-19(24)7-5-18)22(28)12-13-30-21-10-8-20(25)9-11-21/h4-11,16-17H,12-15H2,1-3H3,(H,26,29)/t17-/m1/s1. The molecule has 0 radical (unpaired) electrons. The molecule has 2 aromatic rings. The number of halogens is 2. The Morgan fingerprint density at radius 1 is 0.967 bits per heavy atom. The molecule has 2 rings (SSSR count). The number of carbonyl (C=O) groups excluding carboxylic acids is 2. The summed E-state index contributed by atoms with van der Waals surface area (Å²) in [5, 5.41) is 4.25. The number of rotatable bonds is 10. The predicted molar refractivity (Wildman–Crippen MR) is 126 cm³/mol. The molecule has 7 heteroatoms. The number of thioether (sulfide) groups is 1. The van der Waals surface area contributed by atoms with Crippen molar-refractivity contribution in [3.05, 3.63) is 64.1 Å². The Morgan fingerprint density at radius 2 is 1.53 bits per heavy atom. The van der Waals surface area contributed by atoms with Crippen LogP contribution in [0, 0.1) is 5.92 Å². The third-order valence-corrected chi connectivity index (χ3v) is 6.03. The lowest BCUT2D eigenvalue weighted by atomic mass is 10.1. The van der Waals surface area contributed by atoms with Crippen LogP contribution in [-0.4, -0.2) is 35.1 Å². The molecular formula is C23H28Cl2N2O2S. The van der Waals surface area contributed by atoms with Crippen LogP contribution >= 0.6 is 35.0 Å². The van der Waals surface area contributed by atoms with E-state index in [2.05, 4.69) is 5.32 Å². The normalized spacial score (nSPS) is 11.9. The third kappa shape index (κ3) is 8.21. The van der Waals surface area contributed by atoms with E-state index in [4.69, 9.17) is 23.2 Å². The number of hydrogen-bond acceptors (Lipinski definition) is 3. The minimum Gasteiger partial charge on any atom is -0.354 e. The predicted octanol–water partition coefficient (Wildman–Crippen LogP) is 5.67. The van der Waals surface area contributed by atoms with Crippen LogP contribution in [0.3, 0.4) is 0 Å². The van der Waals surface area contributed by atoms with E-state index < -0.39 is 6.04 Å². The van der Waals surface area contributed by atoms with Crippen LogP contribution in [-0.2, 0) is 16.1 Å². The lowest BCUT2D eigenvalue weighted by Gasteiger charge is -2.29. The van der Waals surface area contributed by atoms with Gasteiger partial charge in [0.05, 0.1) is 0 Å². The second-order valence-corrected chi connectivity index (χ2v) is 9.56. The Balaban J connectivity index is 2.04. The summed E-state index contributed by atoms with van der Waals surface area (Å²) in [5.41, 5.74) is 0.932. The van der Waals surface area contributed by atoms with E-state index in [0.717, 1.165) is 10.5 Å². The minimum absolute atomic E-state index is 0.0568. The summed E-state index contributed by atoms with van der Waals surface area (Å²) in [7, 11) is 0. The molecule has 0 aromatic heterocycles. The van der Waals surface area contributed by atoms with Gasteiger partial charge in [0.1, 0.15) is 6.04 Å². The average Bonchev–Trinajstić information content (AvgIpc) is 2.72. The van der Waals surface area contributed by atoms with Crippen LogP contribution in [0.15, 0.2) is 53.4 Å². The van der Waals surface area contributed by atoms with Gasteiger partial charge in [-0.25, -0.2) is 0 Å². The molecular weight excluding hydrogens is 439 g/mol. The van der Waals surface area contributed by atoms with Crippen molar-refractivity contribution < 1.29 is 9.59 Å². The molecule has 162 valence electrons.